The summed E-state index contributed by atoms with van der Waals surface area (Å²) in [5.41, 5.74) is 0.217. The van der Waals surface area contributed by atoms with Crippen LogP contribution in [0.4, 0.5) is 4.39 Å². The summed E-state index contributed by atoms with van der Waals surface area (Å²) in [4.78, 5) is 24.1. The van der Waals surface area contributed by atoms with E-state index in [2.05, 4.69) is 12.2 Å². The Balaban J connectivity index is 1.22. The number of esters is 1. The average molecular weight is 389 g/mol. The molecular formula is C22H28FNO4. The van der Waals surface area contributed by atoms with E-state index in [0.29, 0.717) is 0 Å². The van der Waals surface area contributed by atoms with Crippen molar-refractivity contribution in [2.75, 3.05) is 13.2 Å². The Morgan fingerprint density at radius 3 is 2.39 bits per heavy atom. The van der Waals surface area contributed by atoms with E-state index in [1.54, 1.807) is 6.07 Å². The monoisotopic (exact) mass is 389 g/mol. The zero-order valence-electron chi connectivity index (χ0n) is 16.3. The molecule has 1 aromatic carbocycles. The molecule has 28 heavy (non-hydrogen) atoms. The van der Waals surface area contributed by atoms with Gasteiger partial charge < -0.3 is 14.8 Å². The molecule has 1 amide bonds. The molecule has 4 saturated carbocycles. The molecule has 5 rings (SSSR count). The molecule has 5 nitrogen and oxygen atoms in total. The molecule has 4 aliphatic carbocycles. The van der Waals surface area contributed by atoms with Gasteiger partial charge in [-0.2, -0.15) is 0 Å². The maximum Gasteiger partial charge on any atom is 0.344 e. The number of nitrogens with one attached hydrogen (secondary N) is 1. The lowest BCUT2D eigenvalue weighted by atomic mass is 9.48. The summed E-state index contributed by atoms with van der Waals surface area (Å²) in [5.74, 6) is 1.35. The van der Waals surface area contributed by atoms with Crippen LogP contribution in [0.5, 0.6) is 5.75 Å². The molecule has 4 fully saturated rings. The molecule has 0 saturated heterocycles. The smallest absolute Gasteiger partial charge is 0.344 e. The van der Waals surface area contributed by atoms with Crippen molar-refractivity contribution in [1.29, 1.82) is 0 Å². The van der Waals surface area contributed by atoms with Crippen molar-refractivity contribution in [2.45, 2.75) is 51.5 Å². The maximum atomic E-state index is 13.1. The van der Waals surface area contributed by atoms with Crippen molar-refractivity contribution in [3.05, 3.63) is 30.1 Å². The van der Waals surface area contributed by atoms with Gasteiger partial charge in [0.15, 0.2) is 13.2 Å². The van der Waals surface area contributed by atoms with Gasteiger partial charge in [0.25, 0.3) is 5.91 Å². The van der Waals surface area contributed by atoms with E-state index < -0.39 is 11.8 Å². The lowest BCUT2D eigenvalue weighted by molar-refractivity contribution is -0.151. The first-order valence-corrected chi connectivity index (χ1v) is 10.3. The highest BCUT2D eigenvalue weighted by atomic mass is 19.1. The fraction of sp³-hybridized carbons (Fsp3) is 0.636. The quantitative estimate of drug-likeness (QED) is 0.726. The van der Waals surface area contributed by atoms with Crippen molar-refractivity contribution in [1.82, 2.24) is 5.32 Å². The van der Waals surface area contributed by atoms with Gasteiger partial charge in [-0.25, -0.2) is 9.18 Å². The van der Waals surface area contributed by atoms with Crippen LogP contribution in [0, 0.1) is 29.0 Å². The Bertz CT molecular complexity index is 715. The second-order valence-electron chi connectivity index (χ2n) is 8.98. The van der Waals surface area contributed by atoms with Crippen molar-refractivity contribution < 1.29 is 23.5 Å². The molecule has 1 N–H and O–H groups in total. The van der Waals surface area contributed by atoms with Crippen LogP contribution in [0.2, 0.25) is 0 Å². The van der Waals surface area contributed by atoms with Gasteiger partial charge in [-0.15, -0.1) is 0 Å². The van der Waals surface area contributed by atoms with Gasteiger partial charge in [-0.1, -0.05) is 6.07 Å². The minimum absolute atomic E-state index is 0.0932. The molecule has 0 aromatic heterocycles. The molecule has 152 valence electrons. The normalized spacial score (nSPS) is 31.3. The SMILES string of the molecule is C[C@@H](NC(=O)COC(=O)COc1cccc(F)c1)C12CC3CC(CC(C3)C1)C2. The fourth-order valence-electron chi connectivity index (χ4n) is 6.03. The summed E-state index contributed by atoms with van der Waals surface area (Å²) < 4.78 is 23.3. The van der Waals surface area contributed by atoms with Crippen molar-refractivity contribution in [3.63, 3.8) is 0 Å². The molecular weight excluding hydrogens is 361 g/mol. The van der Waals surface area contributed by atoms with Crippen molar-refractivity contribution in [2.24, 2.45) is 23.2 Å². The lowest BCUT2D eigenvalue weighted by Crippen LogP contribution is -2.56. The average Bonchev–Trinajstić information content (AvgIpc) is 2.63. The van der Waals surface area contributed by atoms with E-state index in [0.717, 1.165) is 17.8 Å². The summed E-state index contributed by atoms with van der Waals surface area (Å²) in [6.45, 7) is 1.42. The minimum Gasteiger partial charge on any atom is -0.482 e. The van der Waals surface area contributed by atoms with Gasteiger partial charge >= 0.3 is 5.97 Å². The van der Waals surface area contributed by atoms with E-state index in [1.807, 2.05) is 0 Å². The number of carbonyl (C=O) groups is 2. The highest BCUT2D eigenvalue weighted by molar-refractivity contribution is 5.81. The molecule has 0 spiro atoms. The largest absolute Gasteiger partial charge is 0.482 e. The van der Waals surface area contributed by atoms with E-state index in [-0.39, 0.29) is 36.3 Å². The standard InChI is InChI=1S/C22H28FNO4/c1-14(22-9-15-5-16(10-22)7-17(6-15)11-22)24-20(25)12-28-21(26)13-27-19-4-2-3-18(23)8-19/h2-4,8,14-17H,5-7,9-13H2,1H3,(H,24,25)/t14-,15?,16?,17?,22?/m1/s1. The van der Waals surface area contributed by atoms with Crippen LogP contribution in [0.3, 0.4) is 0 Å². The zero-order chi connectivity index (χ0) is 19.7. The van der Waals surface area contributed by atoms with E-state index in [9.17, 15) is 14.0 Å². The molecule has 0 radical (unpaired) electrons. The Morgan fingerprint density at radius 1 is 1.14 bits per heavy atom. The Kier molecular flexibility index (Phi) is 5.30. The third kappa shape index (κ3) is 4.15. The summed E-state index contributed by atoms with van der Waals surface area (Å²) in [6, 6.07) is 5.62. The number of amides is 1. The van der Waals surface area contributed by atoms with Crippen LogP contribution < -0.4 is 10.1 Å². The van der Waals surface area contributed by atoms with Crippen LogP contribution >= 0.6 is 0 Å². The number of rotatable bonds is 7. The molecule has 0 unspecified atom stereocenters. The number of hydrogen-bond donors (Lipinski definition) is 1. The van der Waals surface area contributed by atoms with Crippen molar-refractivity contribution in [3.8, 4) is 5.75 Å². The third-order valence-corrected chi connectivity index (χ3v) is 6.90. The minimum atomic E-state index is -0.651. The highest BCUT2D eigenvalue weighted by Gasteiger charge is 2.53. The lowest BCUT2D eigenvalue weighted by Gasteiger charge is -2.59. The second kappa shape index (κ2) is 7.72. The van der Waals surface area contributed by atoms with Gasteiger partial charge in [0.1, 0.15) is 11.6 Å². The van der Waals surface area contributed by atoms with Gasteiger partial charge in [0, 0.05) is 12.1 Å². The first-order chi connectivity index (χ1) is 13.4. The molecule has 6 heteroatoms. The van der Waals surface area contributed by atoms with Gasteiger partial charge in [0.05, 0.1) is 0 Å². The number of hydrogen-bond acceptors (Lipinski definition) is 4. The molecule has 4 aliphatic rings. The molecule has 1 atom stereocenters. The summed E-state index contributed by atoms with van der Waals surface area (Å²) in [7, 11) is 0. The van der Waals surface area contributed by atoms with Crippen LogP contribution in [0.25, 0.3) is 0 Å². The van der Waals surface area contributed by atoms with Gasteiger partial charge in [-0.3, -0.25) is 4.79 Å². The predicted molar refractivity (Wildman–Crippen MR) is 101 cm³/mol. The maximum absolute atomic E-state index is 13.1. The van der Waals surface area contributed by atoms with Crippen molar-refractivity contribution >= 4 is 11.9 Å². The molecule has 1 aromatic rings. The molecule has 0 heterocycles. The molecule has 0 aliphatic heterocycles. The Hall–Kier alpha value is -2.11. The van der Waals surface area contributed by atoms with Crippen LogP contribution in [0.15, 0.2) is 24.3 Å². The number of benzene rings is 1. The van der Waals surface area contributed by atoms with Crippen LogP contribution in [-0.2, 0) is 14.3 Å². The van der Waals surface area contributed by atoms with Gasteiger partial charge in [0.2, 0.25) is 0 Å². The van der Waals surface area contributed by atoms with Crippen LogP contribution in [-0.4, -0.2) is 31.1 Å². The zero-order valence-corrected chi connectivity index (χ0v) is 16.3. The van der Waals surface area contributed by atoms with E-state index in [1.165, 1.54) is 56.7 Å². The Labute approximate surface area is 165 Å². The van der Waals surface area contributed by atoms with Crippen LogP contribution in [0.1, 0.15) is 45.4 Å². The predicted octanol–water partition coefficient (Wildman–Crippen LogP) is 3.47. The first kappa shape index (κ1) is 19.2. The topological polar surface area (TPSA) is 64.6 Å². The fourth-order valence-corrected chi connectivity index (χ4v) is 6.03. The first-order valence-electron chi connectivity index (χ1n) is 10.3. The summed E-state index contributed by atoms with van der Waals surface area (Å²) in [6.07, 6.45) is 7.72. The molecule has 4 bridgehead atoms. The van der Waals surface area contributed by atoms with E-state index in [4.69, 9.17) is 9.47 Å². The highest BCUT2D eigenvalue weighted by Crippen LogP contribution is 2.61. The third-order valence-electron chi connectivity index (χ3n) is 6.90. The summed E-state index contributed by atoms with van der Waals surface area (Å²) >= 11 is 0. The van der Waals surface area contributed by atoms with Gasteiger partial charge in [-0.05, 0) is 80.8 Å². The van der Waals surface area contributed by atoms with E-state index >= 15 is 0 Å². The Morgan fingerprint density at radius 2 is 1.79 bits per heavy atom. The number of carbonyl (C=O) groups excluding carboxylic acids is 2. The summed E-state index contributed by atoms with van der Waals surface area (Å²) in [5, 5.41) is 3.07. The number of ether oxygens (including phenoxy) is 2. The second-order valence-corrected chi connectivity index (χ2v) is 8.98. The number of halogens is 1.